The number of nitrogens with zero attached hydrogens (tertiary/aromatic N) is 1. The molecule has 0 aliphatic carbocycles. The zero-order valence-corrected chi connectivity index (χ0v) is 11.5. The van der Waals surface area contributed by atoms with E-state index in [2.05, 4.69) is 11.9 Å². The van der Waals surface area contributed by atoms with Gasteiger partial charge in [0.1, 0.15) is 0 Å². The van der Waals surface area contributed by atoms with Gasteiger partial charge in [-0.15, -0.1) is 6.58 Å². The minimum absolute atomic E-state index is 0.0637. The van der Waals surface area contributed by atoms with Gasteiger partial charge in [-0.3, -0.25) is 10.1 Å². The molecule has 1 rings (SSSR count). The summed E-state index contributed by atoms with van der Waals surface area (Å²) in [5.74, 6) is 1.85. The van der Waals surface area contributed by atoms with E-state index in [-0.39, 0.29) is 5.69 Å². The molecule has 0 saturated carbocycles. The lowest BCUT2D eigenvalue weighted by atomic mass is 10.2. The largest absolute Gasteiger partial charge is 0.312 e. The Kier molecular flexibility index (Phi) is 6.78. The van der Waals surface area contributed by atoms with E-state index in [9.17, 15) is 10.1 Å². The first-order chi connectivity index (χ1) is 8.66. The SMILES string of the molecule is C=CCSCCNCc1c(Cl)cccc1[N+](=O)[O-]. The number of thioether (sulfide) groups is 1. The van der Waals surface area contributed by atoms with Crippen LogP contribution in [0.15, 0.2) is 30.9 Å². The van der Waals surface area contributed by atoms with Crippen LogP contribution in [0.4, 0.5) is 5.69 Å². The molecule has 0 aromatic heterocycles. The van der Waals surface area contributed by atoms with Crippen molar-refractivity contribution < 1.29 is 4.92 Å². The Morgan fingerprint density at radius 2 is 2.33 bits per heavy atom. The van der Waals surface area contributed by atoms with Crippen LogP contribution in [0.2, 0.25) is 5.02 Å². The summed E-state index contributed by atoms with van der Waals surface area (Å²) < 4.78 is 0. The highest BCUT2D eigenvalue weighted by atomic mass is 35.5. The predicted molar refractivity (Wildman–Crippen MR) is 77.3 cm³/mol. The van der Waals surface area contributed by atoms with Crippen LogP contribution in [-0.2, 0) is 6.54 Å². The average Bonchev–Trinajstić information content (AvgIpc) is 2.34. The second kappa shape index (κ2) is 8.13. The highest BCUT2D eigenvalue weighted by molar-refractivity contribution is 7.99. The first-order valence-corrected chi connectivity index (χ1v) is 7.01. The smallest absolute Gasteiger partial charge is 0.275 e. The van der Waals surface area contributed by atoms with Crippen LogP contribution in [0.25, 0.3) is 0 Å². The van der Waals surface area contributed by atoms with Crippen LogP contribution in [0, 0.1) is 10.1 Å². The van der Waals surface area contributed by atoms with E-state index in [0.29, 0.717) is 17.1 Å². The van der Waals surface area contributed by atoms with Crippen LogP contribution in [0.1, 0.15) is 5.56 Å². The second-order valence-electron chi connectivity index (χ2n) is 3.53. The molecule has 0 bridgehead atoms. The van der Waals surface area contributed by atoms with Crippen LogP contribution in [0.3, 0.4) is 0 Å². The summed E-state index contributed by atoms with van der Waals surface area (Å²) in [7, 11) is 0. The summed E-state index contributed by atoms with van der Waals surface area (Å²) in [6.45, 7) is 4.82. The quantitative estimate of drug-likeness (QED) is 0.345. The molecule has 4 nitrogen and oxygen atoms in total. The number of nitro groups is 1. The van der Waals surface area contributed by atoms with Crippen molar-refractivity contribution in [2.75, 3.05) is 18.1 Å². The van der Waals surface area contributed by atoms with Gasteiger partial charge in [0, 0.05) is 30.7 Å². The lowest BCUT2D eigenvalue weighted by Crippen LogP contribution is -2.17. The van der Waals surface area contributed by atoms with Crippen molar-refractivity contribution in [2.24, 2.45) is 0 Å². The molecule has 0 aliphatic heterocycles. The third kappa shape index (κ3) is 4.68. The Morgan fingerprint density at radius 1 is 1.56 bits per heavy atom. The molecule has 0 fully saturated rings. The zero-order valence-electron chi connectivity index (χ0n) is 9.89. The molecule has 6 heteroatoms. The maximum absolute atomic E-state index is 10.9. The average molecular weight is 287 g/mol. The maximum atomic E-state index is 10.9. The highest BCUT2D eigenvalue weighted by Crippen LogP contribution is 2.25. The standard InChI is InChI=1S/C12H15ClN2O2S/c1-2-7-18-8-6-14-9-10-11(13)4-3-5-12(10)15(16)17/h2-5,14H,1,6-9H2. The minimum atomic E-state index is -0.407. The number of halogens is 1. The van der Waals surface area contributed by atoms with E-state index in [0.717, 1.165) is 18.1 Å². The van der Waals surface area contributed by atoms with Crippen LogP contribution < -0.4 is 5.32 Å². The molecule has 1 aromatic rings. The second-order valence-corrected chi connectivity index (χ2v) is 5.09. The van der Waals surface area contributed by atoms with E-state index >= 15 is 0 Å². The zero-order chi connectivity index (χ0) is 13.4. The summed E-state index contributed by atoms with van der Waals surface area (Å²) in [5, 5.41) is 14.4. The van der Waals surface area contributed by atoms with Gasteiger partial charge in [0.25, 0.3) is 5.69 Å². The minimum Gasteiger partial charge on any atom is -0.312 e. The number of rotatable bonds is 8. The van der Waals surface area contributed by atoms with Gasteiger partial charge in [-0.2, -0.15) is 11.8 Å². The van der Waals surface area contributed by atoms with E-state index in [1.807, 2.05) is 6.08 Å². The molecule has 0 atom stereocenters. The molecule has 0 aliphatic rings. The fourth-order valence-electron chi connectivity index (χ4n) is 1.42. The fourth-order valence-corrected chi connectivity index (χ4v) is 2.28. The first kappa shape index (κ1) is 15.0. The first-order valence-electron chi connectivity index (χ1n) is 5.48. The van der Waals surface area contributed by atoms with Gasteiger partial charge < -0.3 is 5.32 Å². The van der Waals surface area contributed by atoms with Crippen LogP contribution >= 0.6 is 23.4 Å². The molecule has 0 unspecified atom stereocenters. The van der Waals surface area contributed by atoms with E-state index in [1.165, 1.54) is 6.07 Å². The normalized spacial score (nSPS) is 10.3. The Morgan fingerprint density at radius 3 is 3.00 bits per heavy atom. The van der Waals surface area contributed by atoms with Crippen molar-refractivity contribution in [2.45, 2.75) is 6.54 Å². The topological polar surface area (TPSA) is 55.2 Å². The van der Waals surface area contributed by atoms with Crippen LogP contribution in [0.5, 0.6) is 0 Å². The molecule has 18 heavy (non-hydrogen) atoms. The van der Waals surface area contributed by atoms with Gasteiger partial charge in [0.2, 0.25) is 0 Å². The number of hydrogen-bond acceptors (Lipinski definition) is 4. The van der Waals surface area contributed by atoms with E-state index in [1.54, 1.807) is 23.9 Å². The molecule has 0 heterocycles. The molecular formula is C12H15ClN2O2S. The molecule has 0 radical (unpaired) electrons. The summed E-state index contributed by atoms with van der Waals surface area (Å²) >= 11 is 7.73. The number of nitrogens with one attached hydrogen (secondary N) is 1. The Balaban J connectivity index is 2.51. The number of hydrogen-bond donors (Lipinski definition) is 1. The van der Waals surface area contributed by atoms with E-state index in [4.69, 9.17) is 11.6 Å². The molecule has 0 saturated heterocycles. The molecule has 1 N–H and O–H groups in total. The van der Waals surface area contributed by atoms with Gasteiger partial charge in [-0.1, -0.05) is 23.7 Å². The predicted octanol–water partition coefficient (Wildman–Crippen LogP) is 3.26. The molecule has 1 aromatic carbocycles. The monoisotopic (exact) mass is 286 g/mol. The van der Waals surface area contributed by atoms with Crippen LogP contribution in [-0.4, -0.2) is 23.0 Å². The lowest BCUT2D eigenvalue weighted by Gasteiger charge is -2.07. The number of nitro benzene ring substituents is 1. The molecule has 0 amide bonds. The third-order valence-corrected chi connectivity index (χ3v) is 3.57. The Hall–Kier alpha value is -1.04. The van der Waals surface area contributed by atoms with Crippen molar-refractivity contribution in [3.05, 3.63) is 51.6 Å². The summed E-state index contributed by atoms with van der Waals surface area (Å²) in [5.41, 5.74) is 0.603. The van der Waals surface area contributed by atoms with Gasteiger partial charge in [0.15, 0.2) is 0 Å². The van der Waals surface area contributed by atoms with Crippen molar-refractivity contribution in [1.29, 1.82) is 0 Å². The lowest BCUT2D eigenvalue weighted by molar-refractivity contribution is -0.385. The maximum Gasteiger partial charge on any atom is 0.275 e. The van der Waals surface area contributed by atoms with Gasteiger partial charge in [-0.05, 0) is 6.07 Å². The summed E-state index contributed by atoms with van der Waals surface area (Å²) in [6, 6.07) is 4.72. The van der Waals surface area contributed by atoms with Crippen molar-refractivity contribution in [3.8, 4) is 0 Å². The van der Waals surface area contributed by atoms with Crippen molar-refractivity contribution in [3.63, 3.8) is 0 Å². The Bertz CT molecular complexity index is 427. The third-order valence-electron chi connectivity index (χ3n) is 2.25. The van der Waals surface area contributed by atoms with E-state index < -0.39 is 4.92 Å². The summed E-state index contributed by atoms with van der Waals surface area (Å²) in [4.78, 5) is 10.4. The summed E-state index contributed by atoms with van der Waals surface area (Å²) in [6.07, 6.45) is 1.85. The van der Waals surface area contributed by atoms with Gasteiger partial charge >= 0.3 is 0 Å². The molecular weight excluding hydrogens is 272 g/mol. The number of benzene rings is 1. The Labute approximate surface area is 116 Å². The molecule has 0 spiro atoms. The van der Waals surface area contributed by atoms with Gasteiger partial charge in [-0.25, -0.2) is 0 Å². The fraction of sp³-hybridized carbons (Fsp3) is 0.333. The van der Waals surface area contributed by atoms with Crippen molar-refractivity contribution >= 4 is 29.1 Å². The highest BCUT2D eigenvalue weighted by Gasteiger charge is 2.15. The van der Waals surface area contributed by atoms with Crippen molar-refractivity contribution in [1.82, 2.24) is 5.32 Å². The van der Waals surface area contributed by atoms with Gasteiger partial charge in [0.05, 0.1) is 15.5 Å². The molecule has 98 valence electrons.